The van der Waals surface area contributed by atoms with Gasteiger partial charge in [0, 0.05) is 43.5 Å². The van der Waals surface area contributed by atoms with E-state index >= 15 is 0 Å². The summed E-state index contributed by atoms with van der Waals surface area (Å²) < 4.78 is 0. The number of nitrogens with zero attached hydrogens (tertiary/aromatic N) is 4. The lowest BCUT2D eigenvalue weighted by atomic mass is 10.1. The molecule has 0 unspecified atom stereocenters. The van der Waals surface area contributed by atoms with Crippen LogP contribution < -0.4 is 10.2 Å². The molecule has 132 valence electrons. The molecular formula is C20H21N5O. The highest BCUT2D eigenvalue weighted by Gasteiger charge is 2.23. The van der Waals surface area contributed by atoms with E-state index in [2.05, 4.69) is 26.5 Å². The zero-order valence-corrected chi connectivity index (χ0v) is 14.5. The van der Waals surface area contributed by atoms with Crippen molar-refractivity contribution in [3.05, 3.63) is 66.4 Å². The Kier molecular flexibility index (Phi) is 4.64. The third kappa shape index (κ3) is 3.44. The second-order valence-corrected chi connectivity index (χ2v) is 6.37. The molecule has 1 saturated heterocycles. The Morgan fingerprint density at radius 1 is 0.962 bits per heavy atom. The summed E-state index contributed by atoms with van der Waals surface area (Å²) >= 11 is 0. The number of benzene rings is 2. The Morgan fingerprint density at radius 2 is 1.69 bits per heavy atom. The molecule has 0 radical (unpaired) electrons. The van der Waals surface area contributed by atoms with Crippen LogP contribution in [-0.2, 0) is 6.54 Å². The summed E-state index contributed by atoms with van der Waals surface area (Å²) in [6.07, 6.45) is 1.78. The quantitative estimate of drug-likeness (QED) is 0.791. The highest BCUT2D eigenvalue weighted by Crippen LogP contribution is 2.24. The van der Waals surface area contributed by atoms with Gasteiger partial charge in [0.05, 0.1) is 6.20 Å². The molecule has 6 heteroatoms. The topological polar surface area (TPSA) is 61.4 Å². The van der Waals surface area contributed by atoms with Gasteiger partial charge in [0.15, 0.2) is 5.82 Å². The molecule has 1 aliphatic heterocycles. The first-order valence-corrected chi connectivity index (χ1v) is 8.83. The summed E-state index contributed by atoms with van der Waals surface area (Å²) in [6, 6.07) is 18.1. The lowest BCUT2D eigenvalue weighted by Gasteiger charge is -2.35. The number of urea groups is 1. The molecule has 26 heavy (non-hydrogen) atoms. The van der Waals surface area contributed by atoms with Crippen LogP contribution in [0.1, 0.15) is 5.56 Å². The molecule has 2 amide bonds. The fourth-order valence-corrected chi connectivity index (χ4v) is 3.25. The van der Waals surface area contributed by atoms with Crippen molar-refractivity contribution in [2.45, 2.75) is 6.54 Å². The monoisotopic (exact) mass is 347 g/mol. The van der Waals surface area contributed by atoms with E-state index in [4.69, 9.17) is 0 Å². The summed E-state index contributed by atoms with van der Waals surface area (Å²) in [5.74, 6) is 0.896. The normalized spacial score (nSPS) is 14.5. The number of hydrogen-bond acceptors (Lipinski definition) is 4. The van der Waals surface area contributed by atoms with Crippen LogP contribution in [0.4, 0.5) is 10.6 Å². The number of carbonyl (C=O) groups is 1. The molecule has 1 aromatic heterocycles. The lowest BCUT2D eigenvalue weighted by Crippen LogP contribution is -2.52. The maximum atomic E-state index is 12.4. The van der Waals surface area contributed by atoms with Gasteiger partial charge in [-0.1, -0.05) is 54.6 Å². The van der Waals surface area contributed by atoms with Crippen molar-refractivity contribution < 1.29 is 4.79 Å². The van der Waals surface area contributed by atoms with Crippen molar-refractivity contribution in [2.75, 3.05) is 31.1 Å². The second-order valence-electron chi connectivity index (χ2n) is 6.37. The van der Waals surface area contributed by atoms with Crippen molar-refractivity contribution in [3.63, 3.8) is 0 Å². The van der Waals surface area contributed by atoms with Gasteiger partial charge in [-0.05, 0) is 5.56 Å². The van der Waals surface area contributed by atoms with Gasteiger partial charge in [-0.25, -0.2) is 4.79 Å². The van der Waals surface area contributed by atoms with Gasteiger partial charge in [0.2, 0.25) is 0 Å². The van der Waals surface area contributed by atoms with Crippen molar-refractivity contribution in [2.24, 2.45) is 0 Å². The molecule has 2 heterocycles. The van der Waals surface area contributed by atoms with Gasteiger partial charge in [0.1, 0.15) is 0 Å². The van der Waals surface area contributed by atoms with Gasteiger partial charge in [-0.2, -0.15) is 5.10 Å². The van der Waals surface area contributed by atoms with E-state index in [9.17, 15) is 4.79 Å². The van der Waals surface area contributed by atoms with Gasteiger partial charge >= 0.3 is 6.03 Å². The summed E-state index contributed by atoms with van der Waals surface area (Å²) in [6.45, 7) is 3.40. The smallest absolute Gasteiger partial charge is 0.317 e. The predicted octanol–water partition coefficient (Wildman–Crippen LogP) is 2.66. The van der Waals surface area contributed by atoms with Crippen LogP contribution in [-0.4, -0.2) is 47.3 Å². The maximum Gasteiger partial charge on any atom is 0.317 e. The first-order chi connectivity index (χ1) is 12.8. The molecule has 0 saturated carbocycles. The molecule has 0 atom stereocenters. The third-order valence-corrected chi connectivity index (χ3v) is 4.70. The van der Waals surface area contributed by atoms with E-state index in [1.807, 2.05) is 53.4 Å². The average molecular weight is 347 g/mol. The molecule has 1 N–H and O–H groups in total. The zero-order chi connectivity index (χ0) is 17.8. The van der Waals surface area contributed by atoms with Crippen LogP contribution in [0.25, 0.3) is 10.8 Å². The predicted molar refractivity (Wildman–Crippen MR) is 102 cm³/mol. The summed E-state index contributed by atoms with van der Waals surface area (Å²) in [7, 11) is 0. The van der Waals surface area contributed by atoms with Crippen molar-refractivity contribution in [1.29, 1.82) is 0 Å². The largest absolute Gasteiger partial charge is 0.351 e. The molecule has 1 aliphatic rings. The minimum absolute atomic E-state index is 0.0162. The number of rotatable bonds is 3. The van der Waals surface area contributed by atoms with E-state index in [-0.39, 0.29) is 6.03 Å². The highest BCUT2D eigenvalue weighted by atomic mass is 16.2. The van der Waals surface area contributed by atoms with Crippen LogP contribution >= 0.6 is 0 Å². The third-order valence-electron chi connectivity index (χ3n) is 4.70. The Labute approximate surface area is 152 Å². The number of anilines is 1. The number of amides is 2. The van der Waals surface area contributed by atoms with Crippen LogP contribution in [0.2, 0.25) is 0 Å². The van der Waals surface area contributed by atoms with Crippen LogP contribution in [0.15, 0.2) is 60.8 Å². The number of aromatic nitrogens is 2. The fourth-order valence-electron chi connectivity index (χ4n) is 3.25. The Morgan fingerprint density at radius 3 is 2.50 bits per heavy atom. The van der Waals surface area contributed by atoms with Crippen LogP contribution in [0, 0.1) is 0 Å². The Hall–Kier alpha value is -3.15. The molecule has 3 aromatic rings. The lowest BCUT2D eigenvalue weighted by molar-refractivity contribution is 0.194. The fraction of sp³-hybridized carbons (Fsp3) is 0.250. The van der Waals surface area contributed by atoms with E-state index in [1.54, 1.807) is 6.20 Å². The number of carbonyl (C=O) groups excluding carboxylic acids is 1. The molecule has 2 aromatic carbocycles. The van der Waals surface area contributed by atoms with E-state index in [0.717, 1.165) is 35.2 Å². The van der Waals surface area contributed by atoms with Crippen LogP contribution in [0.5, 0.6) is 0 Å². The Balaban J connectivity index is 1.37. The molecule has 0 spiro atoms. The van der Waals surface area contributed by atoms with E-state index in [0.29, 0.717) is 19.6 Å². The number of fused-ring (bicyclic) bond motifs is 1. The minimum Gasteiger partial charge on any atom is -0.351 e. The summed E-state index contributed by atoms with van der Waals surface area (Å²) in [4.78, 5) is 16.5. The zero-order valence-electron chi connectivity index (χ0n) is 14.5. The maximum absolute atomic E-state index is 12.4. The van der Waals surface area contributed by atoms with Gasteiger partial charge in [-0.3, -0.25) is 0 Å². The first-order valence-electron chi connectivity index (χ1n) is 8.83. The van der Waals surface area contributed by atoms with E-state index < -0.39 is 0 Å². The first kappa shape index (κ1) is 16.3. The molecule has 6 nitrogen and oxygen atoms in total. The number of hydrogen-bond donors (Lipinski definition) is 1. The molecule has 0 bridgehead atoms. The minimum atomic E-state index is -0.0162. The van der Waals surface area contributed by atoms with Crippen LogP contribution in [0.3, 0.4) is 0 Å². The molecule has 1 fully saturated rings. The van der Waals surface area contributed by atoms with Crippen molar-refractivity contribution >= 4 is 22.6 Å². The second kappa shape index (κ2) is 7.39. The molecule has 0 aliphatic carbocycles. The molecule has 4 rings (SSSR count). The number of nitrogens with one attached hydrogen (secondary N) is 1. The van der Waals surface area contributed by atoms with Gasteiger partial charge in [0.25, 0.3) is 0 Å². The standard InChI is InChI=1S/C20H21N5O/c26-20(21-14-16-6-2-1-3-7-16)25-12-10-24(11-13-25)19-18-9-5-4-8-17(18)15-22-23-19/h1-9,15H,10-14H2,(H,21,26). The number of piperazine rings is 1. The van der Waals surface area contributed by atoms with Gasteiger partial charge < -0.3 is 15.1 Å². The van der Waals surface area contributed by atoms with Crippen molar-refractivity contribution in [1.82, 2.24) is 20.4 Å². The van der Waals surface area contributed by atoms with Crippen molar-refractivity contribution in [3.8, 4) is 0 Å². The Bertz CT molecular complexity index is 886. The van der Waals surface area contributed by atoms with E-state index in [1.165, 1.54) is 0 Å². The SMILES string of the molecule is O=C(NCc1ccccc1)N1CCN(c2nncc3ccccc23)CC1. The summed E-state index contributed by atoms with van der Waals surface area (Å²) in [5.41, 5.74) is 1.10. The average Bonchev–Trinajstić information content (AvgIpc) is 2.72. The van der Waals surface area contributed by atoms with Gasteiger partial charge in [-0.15, -0.1) is 5.10 Å². The summed E-state index contributed by atoms with van der Waals surface area (Å²) in [5, 5.41) is 13.6. The molecular weight excluding hydrogens is 326 g/mol. The highest BCUT2D eigenvalue weighted by molar-refractivity contribution is 5.91.